The van der Waals surface area contributed by atoms with Crippen LogP contribution in [-0.2, 0) is 10.0 Å². The summed E-state index contributed by atoms with van der Waals surface area (Å²) in [5, 5.41) is 5.94. The molecule has 0 unspecified atom stereocenters. The summed E-state index contributed by atoms with van der Waals surface area (Å²) in [6, 6.07) is 5.61. The van der Waals surface area contributed by atoms with Crippen LogP contribution in [-0.4, -0.2) is 8.42 Å². The standard InChI is InChI=1S/C6H11N5O2S/c7-10-11(8)5-1-3-6(4-2-5)14(9,12)13/h1-4,10H,7-8H2,(H2,9,12,13). The molecular formula is C6H11N5O2S. The van der Waals surface area contributed by atoms with Crippen LogP contribution >= 0.6 is 0 Å². The van der Waals surface area contributed by atoms with E-state index in [1.807, 2.05) is 0 Å². The maximum atomic E-state index is 10.9. The quantitative estimate of drug-likeness (QED) is 0.356. The lowest BCUT2D eigenvalue weighted by molar-refractivity contribution is 0.597. The minimum atomic E-state index is -3.66. The molecule has 0 bridgehead atoms. The third-order valence-corrected chi connectivity index (χ3v) is 2.51. The predicted molar refractivity (Wildman–Crippen MR) is 51.8 cm³/mol. The predicted octanol–water partition coefficient (Wildman–Crippen LogP) is -1.61. The smallest absolute Gasteiger partial charge is 0.238 e. The van der Waals surface area contributed by atoms with Crippen molar-refractivity contribution in [1.82, 2.24) is 5.53 Å². The zero-order valence-corrected chi connectivity index (χ0v) is 8.03. The molecule has 0 aliphatic rings. The first kappa shape index (κ1) is 10.9. The molecule has 8 heteroatoms. The minimum absolute atomic E-state index is 0.0201. The van der Waals surface area contributed by atoms with Crippen LogP contribution in [0.4, 0.5) is 5.69 Å². The highest BCUT2D eigenvalue weighted by Gasteiger charge is 2.07. The van der Waals surface area contributed by atoms with Gasteiger partial charge in [-0.3, -0.25) is 5.84 Å². The number of nitrogens with two attached hydrogens (primary N) is 3. The average Bonchev–Trinajstić information content (AvgIpc) is 2.15. The molecule has 78 valence electrons. The average molecular weight is 217 g/mol. The van der Waals surface area contributed by atoms with E-state index in [1.165, 1.54) is 24.3 Å². The summed E-state index contributed by atoms with van der Waals surface area (Å²) in [6.45, 7) is 0. The number of hydrogen-bond acceptors (Lipinski definition) is 6. The molecule has 0 radical (unpaired) electrons. The van der Waals surface area contributed by atoms with Gasteiger partial charge >= 0.3 is 0 Å². The molecule has 1 rings (SSSR count). The van der Waals surface area contributed by atoms with Gasteiger partial charge in [0.05, 0.1) is 10.6 Å². The van der Waals surface area contributed by atoms with Gasteiger partial charge in [0.25, 0.3) is 0 Å². The lowest BCUT2D eigenvalue weighted by Gasteiger charge is -2.15. The number of primary sulfonamides is 1. The van der Waals surface area contributed by atoms with Crippen molar-refractivity contribution in [3.05, 3.63) is 24.3 Å². The molecule has 1 aromatic carbocycles. The maximum absolute atomic E-state index is 10.9. The van der Waals surface area contributed by atoms with E-state index in [9.17, 15) is 8.42 Å². The van der Waals surface area contributed by atoms with E-state index in [2.05, 4.69) is 5.53 Å². The molecule has 0 aliphatic carbocycles. The Hall–Kier alpha value is -1.19. The van der Waals surface area contributed by atoms with Crippen molar-refractivity contribution in [3.63, 3.8) is 0 Å². The topological polar surface area (TPSA) is 127 Å². The van der Waals surface area contributed by atoms with Crippen LogP contribution in [0.25, 0.3) is 0 Å². The maximum Gasteiger partial charge on any atom is 0.238 e. The Morgan fingerprint density at radius 1 is 1.21 bits per heavy atom. The van der Waals surface area contributed by atoms with Crippen LogP contribution in [0, 0.1) is 0 Å². The van der Waals surface area contributed by atoms with Gasteiger partial charge < -0.3 is 0 Å². The van der Waals surface area contributed by atoms with Crippen molar-refractivity contribution in [2.45, 2.75) is 4.90 Å². The second kappa shape index (κ2) is 3.90. The molecule has 0 saturated carbocycles. The van der Waals surface area contributed by atoms with Gasteiger partial charge in [0, 0.05) is 0 Å². The van der Waals surface area contributed by atoms with Gasteiger partial charge in [-0.15, -0.1) is 0 Å². The summed E-state index contributed by atoms with van der Waals surface area (Å²) in [4.78, 5) is 0.0201. The normalized spacial score (nSPS) is 11.4. The molecule has 0 amide bonds. The first-order valence-corrected chi connectivity index (χ1v) is 5.13. The molecule has 0 fully saturated rings. The number of hydrazine groups is 3. The summed E-state index contributed by atoms with van der Waals surface area (Å²) in [6.07, 6.45) is 0. The fourth-order valence-electron chi connectivity index (χ4n) is 0.871. The number of anilines is 1. The Morgan fingerprint density at radius 2 is 1.71 bits per heavy atom. The third kappa shape index (κ3) is 2.40. The first-order chi connectivity index (χ1) is 6.45. The fraction of sp³-hybridized carbons (Fsp3) is 0. The zero-order chi connectivity index (χ0) is 10.8. The molecule has 0 spiro atoms. The largest absolute Gasteiger partial charge is 0.252 e. The molecule has 0 aromatic heterocycles. The SMILES string of the molecule is NNN(N)c1ccc(S(N)(=O)=O)cc1. The molecule has 7 N–H and O–H groups in total. The summed E-state index contributed by atoms with van der Waals surface area (Å²) in [5.41, 5.74) is 2.68. The number of rotatable bonds is 3. The Kier molecular flexibility index (Phi) is 3.03. The van der Waals surface area contributed by atoms with Gasteiger partial charge in [0.1, 0.15) is 0 Å². The highest BCUT2D eigenvalue weighted by atomic mass is 32.2. The van der Waals surface area contributed by atoms with E-state index < -0.39 is 10.0 Å². The van der Waals surface area contributed by atoms with Crippen LogP contribution in [0.15, 0.2) is 29.2 Å². The second-order valence-electron chi connectivity index (χ2n) is 2.54. The highest BCUT2D eigenvalue weighted by Crippen LogP contribution is 2.13. The Labute approximate surface area is 81.4 Å². The first-order valence-electron chi connectivity index (χ1n) is 3.59. The monoisotopic (exact) mass is 217 g/mol. The second-order valence-corrected chi connectivity index (χ2v) is 4.10. The van der Waals surface area contributed by atoms with Crippen molar-refractivity contribution in [3.8, 4) is 0 Å². The van der Waals surface area contributed by atoms with Crippen LogP contribution in [0.2, 0.25) is 0 Å². The molecule has 14 heavy (non-hydrogen) atoms. The van der Waals surface area contributed by atoms with Gasteiger partial charge in [0.15, 0.2) is 0 Å². The molecular weight excluding hydrogens is 206 g/mol. The molecule has 1 aromatic rings. The van der Waals surface area contributed by atoms with E-state index in [0.717, 1.165) is 5.12 Å². The van der Waals surface area contributed by atoms with E-state index in [0.29, 0.717) is 5.69 Å². The van der Waals surface area contributed by atoms with Gasteiger partial charge in [0.2, 0.25) is 10.0 Å². The molecule has 0 saturated heterocycles. The Balaban J connectivity index is 3.01. The number of nitrogens with zero attached hydrogens (tertiary/aromatic N) is 1. The summed E-state index contributed by atoms with van der Waals surface area (Å²) in [5.74, 6) is 10.4. The Bertz CT molecular complexity index is 401. The lowest BCUT2D eigenvalue weighted by Crippen LogP contribution is -2.48. The summed E-state index contributed by atoms with van der Waals surface area (Å²) in [7, 11) is -3.66. The highest BCUT2D eigenvalue weighted by molar-refractivity contribution is 7.89. The third-order valence-electron chi connectivity index (χ3n) is 1.58. The van der Waals surface area contributed by atoms with Crippen molar-refractivity contribution in [2.75, 3.05) is 5.12 Å². The fourth-order valence-corrected chi connectivity index (χ4v) is 1.39. The van der Waals surface area contributed by atoms with Crippen molar-refractivity contribution in [1.29, 1.82) is 0 Å². The molecule has 7 nitrogen and oxygen atoms in total. The summed E-state index contributed by atoms with van der Waals surface area (Å²) < 4.78 is 21.8. The van der Waals surface area contributed by atoms with Crippen LogP contribution in [0.5, 0.6) is 0 Å². The van der Waals surface area contributed by atoms with Crippen LogP contribution in [0.1, 0.15) is 0 Å². The zero-order valence-electron chi connectivity index (χ0n) is 7.21. The van der Waals surface area contributed by atoms with Crippen LogP contribution < -0.4 is 27.5 Å². The minimum Gasteiger partial charge on any atom is -0.252 e. The molecule has 0 heterocycles. The van der Waals surface area contributed by atoms with E-state index in [-0.39, 0.29) is 4.90 Å². The van der Waals surface area contributed by atoms with Crippen molar-refractivity contribution < 1.29 is 8.42 Å². The van der Waals surface area contributed by atoms with Gasteiger partial charge in [-0.05, 0) is 24.3 Å². The lowest BCUT2D eigenvalue weighted by atomic mass is 10.3. The number of hydrogen-bond donors (Lipinski definition) is 4. The van der Waals surface area contributed by atoms with Crippen molar-refractivity contribution >= 4 is 15.7 Å². The van der Waals surface area contributed by atoms with E-state index in [1.54, 1.807) is 0 Å². The van der Waals surface area contributed by atoms with E-state index >= 15 is 0 Å². The molecule has 0 aliphatic heterocycles. The number of nitrogens with one attached hydrogen (secondary N) is 1. The summed E-state index contributed by atoms with van der Waals surface area (Å²) >= 11 is 0. The van der Waals surface area contributed by atoms with Gasteiger partial charge in [-0.1, -0.05) is 0 Å². The van der Waals surface area contributed by atoms with Crippen LogP contribution in [0.3, 0.4) is 0 Å². The van der Waals surface area contributed by atoms with Gasteiger partial charge in [-0.25, -0.2) is 24.5 Å². The number of benzene rings is 1. The van der Waals surface area contributed by atoms with Gasteiger partial charge in [-0.2, -0.15) is 5.53 Å². The number of sulfonamides is 1. The van der Waals surface area contributed by atoms with E-state index in [4.69, 9.17) is 16.8 Å². The van der Waals surface area contributed by atoms with Crippen molar-refractivity contribution in [2.24, 2.45) is 16.8 Å². The molecule has 0 atom stereocenters. The Morgan fingerprint density at radius 3 is 2.07 bits per heavy atom.